The maximum absolute atomic E-state index is 11.1. The van der Waals surface area contributed by atoms with Crippen LogP contribution in [0.3, 0.4) is 0 Å². The lowest BCUT2D eigenvalue weighted by Gasteiger charge is -2.15. The standard InChI is InChI=1S/C12H27NOS2/c1-10(2)8-15-9-11(3)13-7-6-12(4)16(5)14/h10-13H,6-9H2,1-5H3. The van der Waals surface area contributed by atoms with E-state index in [0.29, 0.717) is 11.3 Å². The molecule has 0 radical (unpaired) electrons. The first-order chi connectivity index (χ1) is 7.43. The zero-order valence-electron chi connectivity index (χ0n) is 11.3. The summed E-state index contributed by atoms with van der Waals surface area (Å²) in [7, 11) is -0.682. The van der Waals surface area contributed by atoms with Gasteiger partial charge in [0, 0.05) is 34.1 Å². The van der Waals surface area contributed by atoms with E-state index >= 15 is 0 Å². The van der Waals surface area contributed by atoms with Crippen LogP contribution in [0.1, 0.15) is 34.1 Å². The van der Waals surface area contributed by atoms with E-state index in [4.69, 9.17) is 0 Å². The van der Waals surface area contributed by atoms with Crippen molar-refractivity contribution in [3.63, 3.8) is 0 Å². The van der Waals surface area contributed by atoms with Crippen molar-refractivity contribution in [3.8, 4) is 0 Å². The molecule has 0 amide bonds. The average Bonchev–Trinajstić information content (AvgIpc) is 2.16. The van der Waals surface area contributed by atoms with Gasteiger partial charge in [0.2, 0.25) is 0 Å². The van der Waals surface area contributed by atoms with Crippen LogP contribution >= 0.6 is 11.8 Å². The smallest absolute Gasteiger partial charge is 0.0329 e. The van der Waals surface area contributed by atoms with Gasteiger partial charge < -0.3 is 5.32 Å². The molecule has 2 nitrogen and oxygen atoms in total. The molecular weight excluding hydrogens is 238 g/mol. The second-order valence-corrected chi connectivity index (χ2v) is 7.76. The zero-order valence-corrected chi connectivity index (χ0v) is 12.9. The molecule has 0 saturated carbocycles. The Balaban J connectivity index is 3.43. The highest BCUT2D eigenvalue weighted by molar-refractivity contribution is 7.99. The molecule has 0 fully saturated rings. The SMILES string of the molecule is CC(C)CSCC(C)NCCC(C)S(C)=O. The van der Waals surface area contributed by atoms with Gasteiger partial charge in [-0.15, -0.1) is 0 Å². The van der Waals surface area contributed by atoms with E-state index in [1.54, 1.807) is 6.26 Å². The number of nitrogens with one attached hydrogen (secondary N) is 1. The summed E-state index contributed by atoms with van der Waals surface area (Å²) in [6.45, 7) is 9.76. The minimum absolute atomic E-state index is 0.308. The summed E-state index contributed by atoms with van der Waals surface area (Å²) < 4.78 is 11.1. The number of hydrogen-bond donors (Lipinski definition) is 1. The Morgan fingerprint density at radius 1 is 1.19 bits per heavy atom. The highest BCUT2D eigenvalue weighted by Gasteiger charge is 2.07. The van der Waals surface area contributed by atoms with Gasteiger partial charge in [-0.05, 0) is 31.6 Å². The quantitative estimate of drug-likeness (QED) is 0.694. The molecular formula is C12H27NOS2. The van der Waals surface area contributed by atoms with Crippen LogP contribution in [-0.2, 0) is 10.8 Å². The van der Waals surface area contributed by atoms with Crippen LogP contribution in [0.4, 0.5) is 0 Å². The lowest BCUT2D eigenvalue weighted by molar-refractivity contribution is 0.570. The molecule has 0 bridgehead atoms. The van der Waals surface area contributed by atoms with E-state index in [2.05, 4.69) is 33.0 Å². The molecule has 3 unspecified atom stereocenters. The van der Waals surface area contributed by atoms with Crippen molar-refractivity contribution in [1.82, 2.24) is 5.32 Å². The molecule has 3 atom stereocenters. The summed E-state index contributed by atoms with van der Waals surface area (Å²) in [5, 5.41) is 3.80. The van der Waals surface area contributed by atoms with Crippen LogP contribution in [0.2, 0.25) is 0 Å². The van der Waals surface area contributed by atoms with Crippen molar-refractivity contribution >= 4 is 22.6 Å². The van der Waals surface area contributed by atoms with Gasteiger partial charge >= 0.3 is 0 Å². The second-order valence-electron chi connectivity index (χ2n) is 4.88. The molecule has 1 N–H and O–H groups in total. The third-order valence-electron chi connectivity index (χ3n) is 2.43. The molecule has 0 aliphatic carbocycles. The predicted octanol–water partition coefficient (Wildman–Crippen LogP) is 2.51. The second kappa shape index (κ2) is 9.49. The Labute approximate surface area is 108 Å². The van der Waals surface area contributed by atoms with Gasteiger partial charge in [-0.25, -0.2) is 0 Å². The third kappa shape index (κ3) is 9.67. The van der Waals surface area contributed by atoms with E-state index < -0.39 is 10.8 Å². The number of hydrogen-bond acceptors (Lipinski definition) is 3. The molecule has 16 heavy (non-hydrogen) atoms. The Hall–Kier alpha value is 0.460. The van der Waals surface area contributed by atoms with Gasteiger partial charge in [0.05, 0.1) is 0 Å². The van der Waals surface area contributed by atoms with E-state index in [0.717, 1.165) is 18.9 Å². The van der Waals surface area contributed by atoms with Crippen LogP contribution in [0.5, 0.6) is 0 Å². The van der Waals surface area contributed by atoms with Crippen molar-refractivity contribution < 1.29 is 4.21 Å². The fourth-order valence-corrected chi connectivity index (χ4v) is 2.77. The van der Waals surface area contributed by atoms with E-state index in [-0.39, 0.29) is 0 Å². The fourth-order valence-electron chi connectivity index (χ4n) is 1.24. The molecule has 0 aliphatic rings. The van der Waals surface area contributed by atoms with Gasteiger partial charge in [-0.3, -0.25) is 4.21 Å². The largest absolute Gasteiger partial charge is 0.313 e. The molecule has 4 heteroatoms. The topological polar surface area (TPSA) is 29.1 Å². The molecule has 0 aromatic heterocycles. The third-order valence-corrected chi connectivity index (χ3v) is 5.44. The lowest BCUT2D eigenvalue weighted by atomic mass is 10.3. The molecule has 0 saturated heterocycles. The van der Waals surface area contributed by atoms with Crippen molar-refractivity contribution in [3.05, 3.63) is 0 Å². The Kier molecular flexibility index (Phi) is 9.76. The van der Waals surface area contributed by atoms with E-state index in [1.165, 1.54) is 11.5 Å². The average molecular weight is 265 g/mol. The lowest BCUT2D eigenvalue weighted by Crippen LogP contribution is -2.31. The minimum Gasteiger partial charge on any atom is -0.313 e. The fraction of sp³-hybridized carbons (Fsp3) is 1.00. The molecule has 0 heterocycles. The monoisotopic (exact) mass is 265 g/mol. The first-order valence-electron chi connectivity index (χ1n) is 6.06. The van der Waals surface area contributed by atoms with Crippen molar-refractivity contribution in [2.75, 3.05) is 24.3 Å². The zero-order chi connectivity index (χ0) is 12.6. The van der Waals surface area contributed by atoms with Crippen molar-refractivity contribution in [1.29, 1.82) is 0 Å². The summed E-state index contributed by atoms with van der Waals surface area (Å²) in [6.07, 6.45) is 2.79. The normalized spacial score (nSPS) is 17.4. The van der Waals surface area contributed by atoms with Gasteiger partial charge in [0.1, 0.15) is 0 Å². The molecule has 0 aromatic rings. The highest BCUT2D eigenvalue weighted by Crippen LogP contribution is 2.08. The Morgan fingerprint density at radius 3 is 2.31 bits per heavy atom. The summed E-state index contributed by atoms with van der Waals surface area (Å²) in [6, 6.07) is 0.557. The van der Waals surface area contributed by atoms with Crippen LogP contribution in [-0.4, -0.2) is 39.8 Å². The van der Waals surface area contributed by atoms with Gasteiger partial charge in [-0.1, -0.05) is 20.8 Å². The first-order valence-corrected chi connectivity index (χ1v) is 8.84. The van der Waals surface area contributed by atoms with E-state index in [9.17, 15) is 4.21 Å². The van der Waals surface area contributed by atoms with Crippen LogP contribution in [0.25, 0.3) is 0 Å². The maximum atomic E-state index is 11.1. The highest BCUT2D eigenvalue weighted by atomic mass is 32.2. The summed E-state index contributed by atoms with van der Waals surface area (Å²) in [5.74, 6) is 3.18. The van der Waals surface area contributed by atoms with Gasteiger partial charge in [-0.2, -0.15) is 11.8 Å². The van der Waals surface area contributed by atoms with Crippen molar-refractivity contribution in [2.45, 2.75) is 45.4 Å². The molecule has 0 aromatic carbocycles. The molecule has 98 valence electrons. The van der Waals surface area contributed by atoms with Crippen LogP contribution in [0, 0.1) is 5.92 Å². The predicted molar refractivity (Wildman–Crippen MR) is 77.8 cm³/mol. The van der Waals surface area contributed by atoms with Gasteiger partial charge in [0.25, 0.3) is 0 Å². The Morgan fingerprint density at radius 2 is 1.81 bits per heavy atom. The number of thioether (sulfide) groups is 1. The summed E-state index contributed by atoms with van der Waals surface area (Å²) >= 11 is 2.01. The first kappa shape index (κ1) is 16.5. The minimum atomic E-state index is -0.682. The molecule has 0 rings (SSSR count). The van der Waals surface area contributed by atoms with Crippen LogP contribution < -0.4 is 5.32 Å². The Bertz CT molecular complexity index is 197. The van der Waals surface area contributed by atoms with Crippen molar-refractivity contribution in [2.24, 2.45) is 5.92 Å². The molecule has 0 aliphatic heterocycles. The maximum Gasteiger partial charge on any atom is 0.0329 e. The summed E-state index contributed by atoms with van der Waals surface area (Å²) in [4.78, 5) is 0. The number of rotatable bonds is 9. The van der Waals surface area contributed by atoms with Crippen LogP contribution in [0.15, 0.2) is 0 Å². The van der Waals surface area contributed by atoms with E-state index in [1.807, 2.05) is 11.8 Å². The van der Waals surface area contributed by atoms with Gasteiger partial charge in [0.15, 0.2) is 0 Å². The molecule has 0 spiro atoms. The summed E-state index contributed by atoms with van der Waals surface area (Å²) in [5.41, 5.74) is 0.